The van der Waals surface area contributed by atoms with Crippen molar-refractivity contribution in [1.82, 2.24) is 19.8 Å². The van der Waals surface area contributed by atoms with Crippen molar-refractivity contribution in [3.63, 3.8) is 0 Å². The van der Waals surface area contributed by atoms with Crippen LogP contribution in [0.25, 0.3) is 0 Å². The lowest BCUT2D eigenvalue weighted by Crippen LogP contribution is -2.55. The van der Waals surface area contributed by atoms with E-state index in [1.54, 1.807) is 0 Å². The Morgan fingerprint density at radius 3 is 2.75 bits per heavy atom. The summed E-state index contributed by atoms with van der Waals surface area (Å²) in [5, 5.41) is 17.4. The third-order valence-electron chi connectivity index (χ3n) is 3.10. The van der Waals surface area contributed by atoms with Crippen molar-refractivity contribution in [3.8, 4) is 0 Å². The molecule has 0 spiro atoms. The van der Waals surface area contributed by atoms with Crippen molar-refractivity contribution < 1.29 is 23.1 Å². The highest BCUT2D eigenvalue weighted by Gasteiger charge is 2.39. The van der Waals surface area contributed by atoms with Crippen molar-refractivity contribution in [2.24, 2.45) is 0 Å². The van der Waals surface area contributed by atoms with Crippen LogP contribution in [0, 0.1) is 6.92 Å². The van der Waals surface area contributed by atoms with E-state index in [-0.39, 0.29) is 18.8 Å². The van der Waals surface area contributed by atoms with E-state index >= 15 is 0 Å². The van der Waals surface area contributed by atoms with Crippen LogP contribution in [0.1, 0.15) is 23.1 Å². The Balaban J connectivity index is 2.53. The molecule has 1 aliphatic rings. The first-order valence-electron chi connectivity index (χ1n) is 5.84. The monoisotopic (exact) mass is 302 g/mol. The summed E-state index contributed by atoms with van der Waals surface area (Å²) in [6.45, 7) is 3.13. The highest BCUT2D eigenvalue weighted by atomic mass is 32.2. The van der Waals surface area contributed by atoms with Crippen molar-refractivity contribution in [1.29, 1.82) is 0 Å². The van der Waals surface area contributed by atoms with E-state index in [1.165, 1.54) is 13.8 Å². The van der Waals surface area contributed by atoms with E-state index < -0.39 is 38.5 Å². The smallest absolute Gasteiger partial charge is 0.357 e. The van der Waals surface area contributed by atoms with Crippen LogP contribution >= 0.6 is 0 Å². The first kappa shape index (κ1) is 14.5. The standard InChI is InChI=1S/C10H14N4O5S/c1-5-8(7(10(16)17)13-12-5)20(18,19)14-4-3-11-9(15)6(14)2/h6H,3-4H2,1-2H3,(H,11,15)(H,12,13)(H,16,17). The number of aromatic nitrogens is 2. The molecule has 1 atom stereocenters. The quantitative estimate of drug-likeness (QED) is 0.651. The number of aromatic carboxylic acids is 1. The molecule has 2 rings (SSSR count). The zero-order valence-corrected chi connectivity index (χ0v) is 11.7. The number of nitrogens with one attached hydrogen (secondary N) is 2. The van der Waals surface area contributed by atoms with Crippen molar-refractivity contribution in [2.75, 3.05) is 13.1 Å². The zero-order valence-electron chi connectivity index (χ0n) is 10.9. The Kier molecular flexibility index (Phi) is 3.52. The number of carbonyl (C=O) groups is 2. The molecule has 0 radical (unpaired) electrons. The molecule has 1 saturated heterocycles. The normalized spacial score (nSPS) is 20.7. The average molecular weight is 302 g/mol. The van der Waals surface area contributed by atoms with Gasteiger partial charge in [0.15, 0.2) is 5.69 Å². The number of carbonyl (C=O) groups excluding carboxylic acids is 1. The molecule has 110 valence electrons. The molecule has 0 aliphatic carbocycles. The minimum atomic E-state index is -4.11. The summed E-state index contributed by atoms with van der Waals surface area (Å²) < 4.78 is 26.1. The summed E-state index contributed by atoms with van der Waals surface area (Å²) >= 11 is 0. The number of H-pyrrole nitrogens is 1. The number of carboxylic acids is 1. The first-order valence-corrected chi connectivity index (χ1v) is 7.28. The zero-order chi connectivity index (χ0) is 15.1. The van der Waals surface area contributed by atoms with E-state index in [0.29, 0.717) is 0 Å². The molecule has 0 saturated carbocycles. The van der Waals surface area contributed by atoms with Crippen LogP contribution in [-0.4, -0.2) is 59.0 Å². The number of hydrogen-bond donors (Lipinski definition) is 3. The van der Waals surface area contributed by atoms with Crippen molar-refractivity contribution in [3.05, 3.63) is 11.4 Å². The lowest BCUT2D eigenvalue weighted by molar-refractivity contribution is -0.126. The highest BCUT2D eigenvalue weighted by molar-refractivity contribution is 7.89. The fraction of sp³-hybridized carbons (Fsp3) is 0.500. The number of hydrogen-bond acceptors (Lipinski definition) is 5. The number of aromatic amines is 1. The molecule has 10 heteroatoms. The Morgan fingerprint density at radius 2 is 2.15 bits per heavy atom. The second-order valence-electron chi connectivity index (χ2n) is 4.41. The fourth-order valence-corrected chi connectivity index (χ4v) is 3.97. The molecule has 1 amide bonds. The van der Waals surface area contributed by atoms with E-state index in [9.17, 15) is 18.0 Å². The summed E-state index contributed by atoms with van der Waals surface area (Å²) in [5.41, 5.74) is -0.443. The number of amides is 1. The molecule has 20 heavy (non-hydrogen) atoms. The second-order valence-corrected chi connectivity index (χ2v) is 6.24. The van der Waals surface area contributed by atoms with Crippen LogP contribution < -0.4 is 5.32 Å². The number of sulfonamides is 1. The lowest BCUT2D eigenvalue weighted by Gasteiger charge is -2.31. The minimum Gasteiger partial charge on any atom is -0.476 e. The SMILES string of the molecule is Cc1[nH]nc(C(=O)O)c1S(=O)(=O)N1CCNC(=O)C1C. The van der Waals surface area contributed by atoms with Crippen LogP contribution in [0.15, 0.2) is 4.90 Å². The predicted molar refractivity (Wildman–Crippen MR) is 66.6 cm³/mol. The minimum absolute atomic E-state index is 0.0823. The van der Waals surface area contributed by atoms with Gasteiger partial charge in [-0.05, 0) is 13.8 Å². The molecule has 3 N–H and O–H groups in total. The Bertz CT molecular complexity index is 665. The van der Waals surface area contributed by atoms with Gasteiger partial charge in [-0.15, -0.1) is 0 Å². The van der Waals surface area contributed by atoms with Gasteiger partial charge in [0.1, 0.15) is 10.9 Å². The summed E-state index contributed by atoms with van der Waals surface area (Å²) in [6, 6.07) is -0.898. The maximum absolute atomic E-state index is 12.6. The van der Waals surface area contributed by atoms with Crippen molar-refractivity contribution >= 4 is 21.9 Å². The molecule has 1 unspecified atom stereocenters. The number of piperazine rings is 1. The third kappa shape index (κ3) is 2.16. The van der Waals surface area contributed by atoms with Gasteiger partial charge in [0.05, 0.1) is 5.69 Å². The number of aryl methyl sites for hydroxylation is 1. The summed E-state index contributed by atoms with van der Waals surface area (Å²) in [4.78, 5) is 22.2. The molecule has 0 aromatic carbocycles. The fourth-order valence-electron chi connectivity index (χ4n) is 2.09. The molecule has 1 aliphatic heterocycles. The van der Waals surface area contributed by atoms with E-state index in [4.69, 9.17) is 5.11 Å². The van der Waals surface area contributed by atoms with Crippen LogP contribution in [0.2, 0.25) is 0 Å². The van der Waals surface area contributed by atoms with Gasteiger partial charge >= 0.3 is 5.97 Å². The van der Waals surface area contributed by atoms with Crippen LogP contribution in [0.4, 0.5) is 0 Å². The summed E-state index contributed by atoms with van der Waals surface area (Å²) in [7, 11) is -4.11. The molecular formula is C10H14N4O5S. The largest absolute Gasteiger partial charge is 0.476 e. The first-order chi connectivity index (χ1) is 9.26. The lowest BCUT2D eigenvalue weighted by atomic mass is 10.2. The van der Waals surface area contributed by atoms with Gasteiger partial charge in [-0.25, -0.2) is 13.2 Å². The maximum Gasteiger partial charge on any atom is 0.357 e. The van der Waals surface area contributed by atoms with Gasteiger partial charge < -0.3 is 10.4 Å². The number of carboxylic acid groups (broad SMARTS) is 1. The Labute approximate surface area is 115 Å². The summed E-state index contributed by atoms with van der Waals surface area (Å²) in [6.07, 6.45) is 0. The molecule has 1 aromatic heterocycles. The third-order valence-corrected chi connectivity index (χ3v) is 5.23. The van der Waals surface area contributed by atoms with Gasteiger partial charge in [-0.2, -0.15) is 9.40 Å². The van der Waals surface area contributed by atoms with Gasteiger partial charge in [0.25, 0.3) is 0 Å². The van der Waals surface area contributed by atoms with E-state index in [2.05, 4.69) is 15.5 Å². The molecule has 2 heterocycles. The number of rotatable bonds is 3. The van der Waals surface area contributed by atoms with Crippen molar-refractivity contribution in [2.45, 2.75) is 24.8 Å². The van der Waals surface area contributed by atoms with Gasteiger partial charge in [-0.1, -0.05) is 0 Å². The van der Waals surface area contributed by atoms with Crippen LogP contribution in [-0.2, 0) is 14.8 Å². The molecule has 1 aromatic rings. The molecule has 0 bridgehead atoms. The molecular weight excluding hydrogens is 288 g/mol. The topological polar surface area (TPSA) is 132 Å². The molecule has 9 nitrogen and oxygen atoms in total. The average Bonchev–Trinajstić information content (AvgIpc) is 2.75. The van der Waals surface area contributed by atoms with Crippen LogP contribution in [0.3, 0.4) is 0 Å². The van der Waals surface area contributed by atoms with Gasteiger partial charge in [0, 0.05) is 13.1 Å². The van der Waals surface area contributed by atoms with Gasteiger partial charge in [-0.3, -0.25) is 9.89 Å². The maximum atomic E-state index is 12.6. The summed E-state index contributed by atoms with van der Waals surface area (Å²) in [5.74, 6) is -1.86. The van der Waals surface area contributed by atoms with E-state index in [1.807, 2.05) is 0 Å². The Morgan fingerprint density at radius 1 is 1.50 bits per heavy atom. The van der Waals surface area contributed by atoms with Crippen LogP contribution in [0.5, 0.6) is 0 Å². The number of nitrogens with zero attached hydrogens (tertiary/aromatic N) is 2. The van der Waals surface area contributed by atoms with Gasteiger partial charge in [0.2, 0.25) is 15.9 Å². The predicted octanol–water partition coefficient (Wildman–Crippen LogP) is -1.07. The molecule has 1 fully saturated rings. The highest BCUT2D eigenvalue weighted by Crippen LogP contribution is 2.24. The second kappa shape index (κ2) is 4.87. The van der Waals surface area contributed by atoms with E-state index in [0.717, 1.165) is 4.31 Å². The Hall–Kier alpha value is -1.94.